The van der Waals surface area contributed by atoms with Crippen LogP contribution in [0.3, 0.4) is 0 Å². The molecule has 1 rings (SSSR count). The van der Waals surface area contributed by atoms with Crippen LogP contribution < -0.4 is 0 Å². The first-order valence-electron chi connectivity index (χ1n) is 5.97. The predicted octanol–water partition coefficient (Wildman–Crippen LogP) is 3.84. The third-order valence-corrected chi connectivity index (χ3v) is 4.58. The van der Waals surface area contributed by atoms with E-state index in [1.165, 1.54) is 6.07 Å². The lowest BCUT2D eigenvalue weighted by atomic mass is 10.2. The van der Waals surface area contributed by atoms with Crippen molar-refractivity contribution in [1.82, 2.24) is 0 Å². The largest absolute Gasteiger partial charge is 0.478 e. The van der Waals surface area contributed by atoms with Gasteiger partial charge in [0.1, 0.15) is 0 Å². The molecule has 0 saturated carbocycles. The lowest BCUT2D eigenvalue weighted by molar-refractivity contribution is 0.0693. The first-order chi connectivity index (χ1) is 8.56. The second-order valence-electron chi connectivity index (χ2n) is 4.06. The molecule has 1 atom stereocenters. The standard InChI is InChI=1S/C13H17BrO3S/c1-2-3-4-5-8-18(17)12-9-10(14)6-7-11(12)13(15)16/h6-7,9H,2-5,8H2,1H3,(H,15,16). The molecule has 1 aromatic rings. The van der Waals surface area contributed by atoms with E-state index in [-0.39, 0.29) is 5.56 Å². The molecule has 0 radical (unpaired) electrons. The van der Waals surface area contributed by atoms with E-state index in [9.17, 15) is 9.00 Å². The molecule has 0 amide bonds. The number of hydrogen-bond acceptors (Lipinski definition) is 2. The number of carbonyl (C=O) groups is 1. The average molecular weight is 333 g/mol. The Kier molecular flexibility index (Phi) is 6.57. The summed E-state index contributed by atoms with van der Waals surface area (Å²) in [5.41, 5.74) is 0.132. The number of hydrogen-bond donors (Lipinski definition) is 1. The highest BCUT2D eigenvalue weighted by Crippen LogP contribution is 2.21. The fourth-order valence-electron chi connectivity index (χ4n) is 1.63. The SMILES string of the molecule is CCCCCCS(=O)c1cc(Br)ccc1C(=O)O. The van der Waals surface area contributed by atoms with E-state index in [1.54, 1.807) is 12.1 Å². The zero-order valence-corrected chi connectivity index (χ0v) is 12.7. The molecule has 0 aliphatic heterocycles. The van der Waals surface area contributed by atoms with Gasteiger partial charge in [-0.25, -0.2) is 4.79 Å². The highest BCUT2D eigenvalue weighted by atomic mass is 79.9. The molecule has 5 heteroatoms. The number of aromatic carboxylic acids is 1. The summed E-state index contributed by atoms with van der Waals surface area (Å²) in [4.78, 5) is 11.5. The van der Waals surface area contributed by atoms with Crippen LogP contribution in [-0.4, -0.2) is 21.0 Å². The summed E-state index contributed by atoms with van der Waals surface area (Å²) in [7, 11) is -1.24. The van der Waals surface area contributed by atoms with Gasteiger partial charge in [-0.15, -0.1) is 0 Å². The molecule has 0 aliphatic rings. The van der Waals surface area contributed by atoms with E-state index in [2.05, 4.69) is 22.9 Å². The summed E-state index contributed by atoms with van der Waals surface area (Å²) in [6, 6.07) is 4.78. The molecule has 1 aromatic carbocycles. The van der Waals surface area contributed by atoms with Crippen LogP contribution >= 0.6 is 15.9 Å². The zero-order chi connectivity index (χ0) is 13.5. The van der Waals surface area contributed by atoms with Crippen molar-refractivity contribution in [3.05, 3.63) is 28.2 Å². The molecular formula is C13H17BrO3S. The third kappa shape index (κ3) is 4.53. The number of benzene rings is 1. The van der Waals surface area contributed by atoms with Crippen molar-refractivity contribution in [2.45, 2.75) is 37.5 Å². The summed E-state index contributed by atoms with van der Waals surface area (Å²) in [6.07, 6.45) is 4.16. The van der Waals surface area contributed by atoms with E-state index in [0.717, 1.165) is 30.2 Å². The average Bonchev–Trinajstić information content (AvgIpc) is 2.34. The second kappa shape index (κ2) is 7.69. The number of carboxylic acids is 1. The van der Waals surface area contributed by atoms with Crippen LogP contribution in [-0.2, 0) is 10.8 Å². The maximum Gasteiger partial charge on any atom is 0.336 e. The molecule has 3 nitrogen and oxygen atoms in total. The van der Waals surface area contributed by atoms with Crippen LogP contribution in [0.2, 0.25) is 0 Å². The molecule has 0 fully saturated rings. The molecule has 0 spiro atoms. The van der Waals surface area contributed by atoms with Gasteiger partial charge in [0.2, 0.25) is 0 Å². The Hall–Kier alpha value is -0.680. The van der Waals surface area contributed by atoms with Crippen molar-refractivity contribution in [2.24, 2.45) is 0 Å². The second-order valence-corrected chi connectivity index (χ2v) is 6.51. The predicted molar refractivity (Wildman–Crippen MR) is 76.5 cm³/mol. The molecule has 100 valence electrons. The van der Waals surface area contributed by atoms with Gasteiger partial charge in [0.05, 0.1) is 21.3 Å². The normalized spacial score (nSPS) is 12.3. The fourth-order valence-corrected chi connectivity index (χ4v) is 3.49. The summed E-state index contributed by atoms with van der Waals surface area (Å²) < 4.78 is 12.9. The topological polar surface area (TPSA) is 54.4 Å². The lowest BCUT2D eigenvalue weighted by Gasteiger charge is -2.06. The smallest absolute Gasteiger partial charge is 0.336 e. The van der Waals surface area contributed by atoms with Crippen LogP contribution in [0.5, 0.6) is 0 Å². The maximum absolute atomic E-state index is 12.1. The van der Waals surface area contributed by atoms with Gasteiger partial charge in [-0.2, -0.15) is 0 Å². The molecule has 0 heterocycles. The molecule has 0 aromatic heterocycles. The van der Waals surface area contributed by atoms with Gasteiger partial charge < -0.3 is 5.11 Å². The number of rotatable bonds is 7. The minimum Gasteiger partial charge on any atom is -0.478 e. The Morgan fingerprint density at radius 2 is 2.06 bits per heavy atom. The summed E-state index contributed by atoms with van der Waals surface area (Å²) >= 11 is 3.28. The lowest BCUT2D eigenvalue weighted by Crippen LogP contribution is -2.07. The molecule has 0 saturated heterocycles. The van der Waals surface area contributed by atoms with Gasteiger partial charge in [0.25, 0.3) is 0 Å². The van der Waals surface area contributed by atoms with E-state index in [1.807, 2.05) is 0 Å². The van der Waals surface area contributed by atoms with Crippen molar-refractivity contribution < 1.29 is 14.1 Å². The summed E-state index contributed by atoms with van der Waals surface area (Å²) in [5, 5.41) is 9.07. The van der Waals surface area contributed by atoms with Crippen molar-refractivity contribution in [1.29, 1.82) is 0 Å². The van der Waals surface area contributed by atoms with Crippen molar-refractivity contribution in [3.8, 4) is 0 Å². The van der Waals surface area contributed by atoms with Crippen LogP contribution in [0.25, 0.3) is 0 Å². The number of unbranched alkanes of at least 4 members (excludes halogenated alkanes) is 3. The Bertz CT molecular complexity index is 446. The van der Waals surface area contributed by atoms with Gasteiger partial charge in [0.15, 0.2) is 0 Å². The van der Waals surface area contributed by atoms with Crippen molar-refractivity contribution >= 4 is 32.7 Å². The van der Waals surface area contributed by atoms with E-state index in [0.29, 0.717) is 10.6 Å². The number of halogens is 1. The molecule has 1 N–H and O–H groups in total. The van der Waals surface area contributed by atoms with Gasteiger partial charge >= 0.3 is 5.97 Å². The van der Waals surface area contributed by atoms with Crippen molar-refractivity contribution in [2.75, 3.05) is 5.75 Å². The molecule has 1 unspecified atom stereocenters. The first kappa shape index (κ1) is 15.4. The zero-order valence-electron chi connectivity index (χ0n) is 10.3. The van der Waals surface area contributed by atoms with E-state index >= 15 is 0 Å². The van der Waals surface area contributed by atoms with E-state index < -0.39 is 16.8 Å². The van der Waals surface area contributed by atoms with Gasteiger partial charge in [-0.1, -0.05) is 42.1 Å². The summed E-state index contributed by atoms with van der Waals surface area (Å²) in [5.74, 6) is -0.504. The van der Waals surface area contributed by atoms with E-state index in [4.69, 9.17) is 5.11 Å². The first-order valence-corrected chi connectivity index (χ1v) is 8.08. The Morgan fingerprint density at radius 1 is 1.33 bits per heavy atom. The Balaban J connectivity index is 2.77. The Labute approximate surface area is 118 Å². The molecule has 0 aliphatic carbocycles. The van der Waals surface area contributed by atoms with Gasteiger partial charge in [-0.05, 0) is 24.6 Å². The summed E-state index contributed by atoms with van der Waals surface area (Å²) in [6.45, 7) is 2.12. The van der Waals surface area contributed by atoms with Crippen LogP contribution in [0.15, 0.2) is 27.6 Å². The molecule has 18 heavy (non-hydrogen) atoms. The van der Waals surface area contributed by atoms with Gasteiger partial charge in [0, 0.05) is 10.2 Å². The minimum atomic E-state index is -1.24. The minimum absolute atomic E-state index is 0.132. The molecular weight excluding hydrogens is 316 g/mol. The van der Waals surface area contributed by atoms with Crippen molar-refractivity contribution in [3.63, 3.8) is 0 Å². The highest BCUT2D eigenvalue weighted by Gasteiger charge is 2.15. The maximum atomic E-state index is 12.1. The Morgan fingerprint density at radius 3 is 2.67 bits per heavy atom. The molecule has 0 bridgehead atoms. The van der Waals surface area contributed by atoms with Crippen LogP contribution in [0, 0.1) is 0 Å². The number of carboxylic acid groups (broad SMARTS) is 1. The monoisotopic (exact) mass is 332 g/mol. The third-order valence-electron chi connectivity index (χ3n) is 2.60. The highest BCUT2D eigenvalue weighted by molar-refractivity contribution is 9.10. The van der Waals surface area contributed by atoms with Crippen LogP contribution in [0.4, 0.5) is 0 Å². The quantitative estimate of drug-likeness (QED) is 0.772. The fraction of sp³-hybridized carbons (Fsp3) is 0.462. The van der Waals surface area contributed by atoms with Crippen LogP contribution in [0.1, 0.15) is 43.0 Å². The van der Waals surface area contributed by atoms with Gasteiger partial charge in [-0.3, -0.25) is 4.21 Å².